The molecule has 1 heterocycles. The van der Waals surface area contributed by atoms with Gasteiger partial charge in [0.2, 0.25) is 0 Å². The van der Waals surface area contributed by atoms with E-state index in [2.05, 4.69) is 34.1 Å². The molecule has 1 aromatic carbocycles. The molecule has 0 saturated carbocycles. The van der Waals surface area contributed by atoms with E-state index in [0.717, 1.165) is 13.1 Å². The zero-order valence-electron chi connectivity index (χ0n) is 12.1. The minimum absolute atomic E-state index is 0.227. The Morgan fingerprint density at radius 3 is 2.75 bits per heavy atom. The van der Waals surface area contributed by atoms with Gasteiger partial charge in [-0.1, -0.05) is 25.1 Å². The van der Waals surface area contributed by atoms with Crippen molar-refractivity contribution in [3.8, 4) is 0 Å². The van der Waals surface area contributed by atoms with E-state index in [9.17, 15) is 8.42 Å². The molecule has 0 saturated heterocycles. The summed E-state index contributed by atoms with van der Waals surface area (Å²) in [5.41, 5.74) is 2.45. The standard InChI is InChI=1S/C15H22N2O2S/c1-3-20(18,19)11-5-9-17-10-8-13-6-4-7-14(12-16-2)15(13)17/h4,6-8,10,16H,3,5,9,11-12H2,1-2H3. The molecular weight excluding hydrogens is 272 g/mol. The van der Waals surface area contributed by atoms with Gasteiger partial charge in [-0.15, -0.1) is 0 Å². The zero-order chi connectivity index (χ0) is 14.6. The highest BCUT2D eigenvalue weighted by Crippen LogP contribution is 2.20. The second-order valence-electron chi connectivity index (χ2n) is 4.98. The van der Waals surface area contributed by atoms with Gasteiger partial charge in [0.25, 0.3) is 0 Å². The van der Waals surface area contributed by atoms with Crippen molar-refractivity contribution in [3.05, 3.63) is 36.0 Å². The van der Waals surface area contributed by atoms with Crippen LogP contribution < -0.4 is 5.32 Å². The average molecular weight is 294 g/mol. The Morgan fingerprint density at radius 1 is 1.25 bits per heavy atom. The lowest BCUT2D eigenvalue weighted by Crippen LogP contribution is -2.12. The Balaban J connectivity index is 2.18. The summed E-state index contributed by atoms with van der Waals surface area (Å²) in [4.78, 5) is 0. The molecule has 0 unspecified atom stereocenters. The van der Waals surface area contributed by atoms with Crippen LogP contribution in [0.4, 0.5) is 0 Å². The van der Waals surface area contributed by atoms with Crippen LogP contribution in [0.1, 0.15) is 18.9 Å². The first-order valence-electron chi connectivity index (χ1n) is 6.99. The fourth-order valence-corrected chi connectivity index (χ4v) is 3.32. The number of aromatic nitrogens is 1. The molecular formula is C15H22N2O2S. The lowest BCUT2D eigenvalue weighted by molar-refractivity contribution is 0.589. The number of hydrogen-bond donors (Lipinski definition) is 1. The summed E-state index contributed by atoms with van der Waals surface area (Å²) < 4.78 is 25.2. The van der Waals surface area contributed by atoms with E-state index in [0.29, 0.717) is 6.42 Å². The van der Waals surface area contributed by atoms with Crippen molar-refractivity contribution in [1.29, 1.82) is 0 Å². The van der Waals surface area contributed by atoms with Crippen molar-refractivity contribution in [2.45, 2.75) is 26.4 Å². The van der Waals surface area contributed by atoms with Crippen molar-refractivity contribution in [2.75, 3.05) is 18.6 Å². The van der Waals surface area contributed by atoms with Gasteiger partial charge in [-0.3, -0.25) is 0 Å². The number of para-hydroxylation sites is 1. The lowest BCUT2D eigenvalue weighted by atomic mass is 10.1. The summed E-state index contributed by atoms with van der Waals surface area (Å²) in [6.07, 6.45) is 2.70. The number of nitrogens with one attached hydrogen (secondary N) is 1. The largest absolute Gasteiger partial charge is 0.347 e. The van der Waals surface area contributed by atoms with Gasteiger partial charge in [-0.2, -0.15) is 0 Å². The van der Waals surface area contributed by atoms with Crippen molar-refractivity contribution in [3.63, 3.8) is 0 Å². The molecule has 1 N–H and O–H groups in total. The summed E-state index contributed by atoms with van der Waals surface area (Å²) in [6.45, 7) is 3.25. The van der Waals surface area contributed by atoms with E-state index in [1.807, 2.05) is 13.2 Å². The third-order valence-corrected chi connectivity index (χ3v) is 5.32. The molecule has 0 bridgehead atoms. The van der Waals surface area contributed by atoms with Crippen LogP contribution in [-0.2, 0) is 22.9 Å². The van der Waals surface area contributed by atoms with Crippen LogP contribution in [0.15, 0.2) is 30.5 Å². The van der Waals surface area contributed by atoms with E-state index in [1.165, 1.54) is 16.5 Å². The Hall–Kier alpha value is -1.33. The number of nitrogens with zero attached hydrogens (tertiary/aromatic N) is 1. The fraction of sp³-hybridized carbons (Fsp3) is 0.467. The van der Waals surface area contributed by atoms with Crippen molar-refractivity contribution in [2.24, 2.45) is 0 Å². The third-order valence-electron chi connectivity index (χ3n) is 3.53. The van der Waals surface area contributed by atoms with Gasteiger partial charge in [0.15, 0.2) is 0 Å². The van der Waals surface area contributed by atoms with Gasteiger partial charge < -0.3 is 9.88 Å². The molecule has 0 fully saturated rings. The average Bonchev–Trinajstić information content (AvgIpc) is 2.83. The highest BCUT2D eigenvalue weighted by molar-refractivity contribution is 7.91. The highest BCUT2D eigenvalue weighted by atomic mass is 32.2. The molecule has 5 heteroatoms. The van der Waals surface area contributed by atoms with Gasteiger partial charge in [0, 0.05) is 25.0 Å². The number of rotatable bonds is 7. The van der Waals surface area contributed by atoms with E-state index in [1.54, 1.807) is 6.92 Å². The molecule has 0 spiro atoms. The normalized spacial score (nSPS) is 12.1. The van der Waals surface area contributed by atoms with Crippen LogP contribution in [-0.4, -0.2) is 31.5 Å². The van der Waals surface area contributed by atoms with Gasteiger partial charge in [0.1, 0.15) is 9.84 Å². The first-order chi connectivity index (χ1) is 9.57. The molecule has 2 rings (SSSR count). The smallest absolute Gasteiger partial charge is 0.150 e. The van der Waals surface area contributed by atoms with Crippen molar-refractivity contribution >= 4 is 20.7 Å². The Kier molecular flexibility index (Phi) is 4.83. The van der Waals surface area contributed by atoms with E-state index in [4.69, 9.17) is 0 Å². The van der Waals surface area contributed by atoms with Crippen LogP contribution in [0, 0.1) is 0 Å². The summed E-state index contributed by atoms with van der Waals surface area (Å²) in [7, 11) is -0.942. The number of aryl methyl sites for hydroxylation is 1. The minimum atomic E-state index is -2.87. The van der Waals surface area contributed by atoms with Crippen molar-refractivity contribution < 1.29 is 8.42 Å². The van der Waals surface area contributed by atoms with E-state index < -0.39 is 9.84 Å². The molecule has 20 heavy (non-hydrogen) atoms. The second-order valence-corrected chi connectivity index (χ2v) is 7.46. The minimum Gasteiger partial charge on any atom is -0.347 e. The predicted molar refractivity (Wildman–Crippen MR) is 83.6 cm³/mol. The molecule has 1 aromatic heterocycles. The quantitative estimate of drug-likeness (QED) is 0.851. The SMILES string of the molecule is CCS(=O)(=O)CCCn1ccc2cccc(CNC)c21. The molecule has 0 amide bonds. The number of benzene rings is 1. The van der Waals surface area contributed by atoms with E-state index >= 15 is 0 Å². The van der Waals surface area contributed by atoms with Crippen LogP contribution in [0.5, 0.6) is 0 Å². The summed E-state index contributed by atoms with van der Waals surface area (Å²) >= 11 is 0. The second kappa shape index (κ2) is 6.41. The number of fused-ring (bicyclic) bond motifs is 1. The van der Waals surface area contributed by atoms with E-state index in [-0.39, 0.29) is 11.5 Å². The molecule has 0 aliphatic carbocycles. The number of hydrogen-bond acceptors (Lipinski definition) is 3. The fourth-order valence-electron chi connectivity index (χ4n) is 2.46. The molecule has 110 valence electrons. The van der Waals surface area contributed by atoms with Gasteiger partial charge in [0.05, 0.1) is 11.3 Å². The first-order valence-corrected chi connectivity index (χ1v) is 8.81. The predicted octanol–water partition coefficient (Wildman–Crippen LogP) is 2.19. The van der Waals surface area contributed by atoms with Gasteiger partial charge >= 0.3 is 0 Å². The topological polar surface area (TPSA) is 51.1 Å². The summed E-state index contributed by atoms with van der Waals surface area (Å²) in [5.74, 6) is 0.488. The maximum absolute atomic E-state index is 11.5. The molecule has 0 aliphatic heterocycles. The van der Waals surface area contributed by atoms with Crippen LogP contribution in [0.2, 0.25) is 0 Å². The van der Waals surface area contributed by atoms with Gasteiger partial charge in [-0.25, -0.2) is 8.42 Å². The molecule has 0 radical (unpaired) electrons. The Bertz CT molecular complexity index is 674. The van der Waals surface area contributed by atoms with Crippen LogP contribution in [0.25, 0.3) is 10.9 Å². The molecule has 0 aliphatic rings. The summed E-state index contributed by atoms with van der Waals surface area (Å²) in [5, 5.41) is 4.38. The molecule has 0 atom stereocenters. The molecule has 4 nitrogen and oxygen atoms in total. The highest BCUT2D eigenvalue weighted by Gasteiger charge is 2.09. The maximum Gasteiger partial charge on any atom is 0.150 e. The molecule has 2 aromatic rings. The van der Waals surface area contributed by atoms with Gasteiger partial charge in [-0.05, 0) is 30.5 Å². The zero-order valence-corrected chi connectivity index (χ0v) is 12.9. The number of sulfone groups is 1. The lowest BCUT2D eigenvalue weighted by Gasteiger charge is -2.10. The van der Waals surface area contributed by atoms with Crippen LogP contribution >= 0.6 is 0 Å². The Morgan fingerprint density at radius 2 is 2.05 bits per heavy atom. The Labute approximate surface area is 120 Å². The third kappa shape index (κ3) is 3.41. The maximum atomic E-state index is 11.5. The first kappa shape index (κ1) is 15.1. The monoisotopic (exact) mass is 294 g/mol. The van der Waals surface area contributed by atoms with Crippen LogP contribution in [0.3, 0.4) is 0 Å². The van der Waals surface area contributed by atoms with Crippen molar-refractivity contribution in [1.82, 2.24) is 9.88 Å². The summed E-state index contributed by atoms with van der Waals surface area (Å²) in [6, 6.07) is 8.34.